The maximum absolute atomic E-state index is 13.4. The van der Waals surface area contributed by atoms with Crippen LogP contribution in [-0.4, -0.2) is 5.92 Å². The molecule has 2 atom stereocenters. The monoisotopic (exact) mass is 176 g/mol. The molecule has 0 aliphatic heterocycles. The zero-order valence-electron chi connectivity index (χ0n) is 8.11. The Morgan fingerprint density at radius 2 is 1.92 bits per heavy atom. The number of rotatable bonds is 1. The van der Waals surface area contributed by atoms with Crippen LogP contribution in [-0.2, 0) is 0 Å². The van der Waals surface area contributed by atoms with E-state index in [1.807, 2.05) is 20.8 Å². The van der Waals surface area contributed by atoms with Crippen LogP contribution in [0.1, 0.15) is 40.0 Å². The van der Waals surface area contributed by atoms with Gasteiger partial charge in [0.2, 0.25) is 0 Å². The predicted molar refractivity (Wildman–Crippen MR) is 46.3 cm³/mol. The molecule has 0 aromatic carbocycles. The highest BCUT2D eigenvalue weighted by Crippen LogP contribution is 2.45. The lowest BCUT2D eigenvalue weighted by Crippen LogP contribution is -2.40. The number of halogens is 2. The molecule has 72 valence electrons. The van der Waals surface area contributed by atoms with Gasteiger partial charge in [0.25, 0.3) is 5.92 Å². The van der Waals surface area contributed by atoms with Crippen molar-refractivity contribution in [3.8, 4) is 0 Å². The second-order valence-corrected chi connectivity index (χ2v) is 4.40. The lowest BCUT2D eigenvalue weighted by molar-refractivity contribution is -0.122. The Morgan fingerprint density at radius 3 is 2.25 bits per heavy atom. The summed E-state index contributed by atoms with van der Waals surface area (Å²) in [4.78, 5) is 0. The molecule has 0 aromatic heterocycles. The molecule has 2 unspecified atom stereocenters. The van der Waals surface area contributed by atoms with E-state index in [1.54, 1.807) is 0 Å². The van der Waals surface area contributed by atoms with Crippen LogP contribution < -0.4 is 0 Å². The average Bonchev–Trinajstić information content (AvgIpc) is 1.82. The van der Waals surface area contributed by atoms with E-state index in [0.717, 1.165) is 6.42 Å². The first kappa shape index (κ1) is 9.94. The number of alkyl halides is 2. The van der Waals surface area contributed by atoms with Gasteiger partial charge in [-0.15, -0.1) is 0 Å². The third-order valence-corrected chi connectivity index (χ3v) is 2.99. The first-order chi connectivity index (χ1) is 5.45. The van der Waals surface area contributed by atoms with Gasteiger partial charge in [0.1, 0.15) is 0 Å². The van der Waals surface area contributed by atoms with Crippen molar-refractivity contribution >= 4 is 0 Å². The van der Waals surface area contributed by atoms with E-state index in [0.29, 0.717) is 6.42 Å². The highest BCUT2D eigenvalue weighted by atomic mass is 19.3. The summed E-state index contributed by atoms with van der Waals surface area (Å²) in [5.74, 6) is -2.51. The molecule has 2 heteroatoms. The normalized spacial score (nSPS) is 35.5. The summed E-state index contributed by atoms with van der Waals surface area (Å²) in [5.41, 5.74) is 0. The zero-order valence-corrected chi connectivity index (χ0v) is 8.11. The topological polar surface area (TPSA) is 0 Å². The second-order valence-electron chi connectivity index (χ2n) is 4.40. The fourth-order valence-electron chi connectivity index (χ4n) is 2.57. The zero-order chi connectivity index (χ0) is 9.35. The molecule has 1 aliphatic rings. The van der Waals surface area contributed by atoms with Crippen LogP contribution in [0.3, 0.4) is 0 Å². The van der Waals surface area contributed by atoms with Crippen molar-refractivity contribution < 1.29 is 8.78 Å². The summed E-state index contributed by atoms with van der Waals surface area (Å²) < 4.78 is 26.7. The van der Waals surface area contributed by atoms with Gasteiger partial charge in [0, 0.05) is 12.3 Å². The molecule has 0 bridgehead atoms. The van der Waals surface area contributed by atoms with E-state index in [4.69, 9.17) is 0 Å². The van der Waals surface area contributed by atoms with Gasteiger partial charge in [-0.3, -0.25) is 0 Å². The molecule has 0 N–H and O–H groups in total. The number of hydrogen-bond donors (Lipinski definition) is 0. The van der Waals surface area contributed by atoms with Crippen LogP contribution in [0.2, 0.25) is 0 Å². The van der Waals surface area contributed by atoms with Gasteiger partial charge >= 0.3 is 0 Å². The predicted octanol–water partition coefficient (Wildman–Crippen LogP) is 3.71. The standard InChI is InChI=1S/C10H18F2/c1-7(2)9-8(3)5-4-6-10(9,11)12/h7-9H,4-6H2,1-3H3. The lowest BCUT2D eigenvalue weighted by atomic mass is 9.72. The highest BCUT2D eigenvalue weighted by Gasteiger charge is 2.46. The molecule has 0 nitrogen and oxygen atoms in total. The van der Waals surface area contributed by atoms with E-state index in [1.165, 1.54) is 0 Å². The van der Waals surface area contributed by atoms with E-state index in [2.05, 4.69) is 0 Å². The molecule has 0 spiro atoms. The largest absolute Gasteiger partial charge is 0.251 e. The Bertz CT molecular complexity index is 152. The van der Waals surface area contributed by atoms with Crippen molar-refractivity contribution in [3.63, 3.8) is 0 Å². The van der Waals surface area contributed by atoms with Crippen LogP contribution in [0.15, 0.2) is 0 Å². The summed E-state index contributed by atoms with van der Waals surface area (Å²) in [6.45, 7) is 5.76. The van der Waals surface area contributed by atoms with Crippen molar-refractivity contribution in [2.75, 3.05) is 0 Å². The molecule has 0 aromatic rings. The maximum Gasteiger partial charge on any atom is 0.251 e. The summed E-state index contributed by atoms with van der Waals surface area (Å²) in [6.07, 6.45) is 1.76. The Hall–Kier alpha value is -0.140. The molecule has 1 fully saturated rings. The van der Waals surface area contributed by atoms with Crippen LogP contribution in [0.4, 0.5) is 8.78 Å². The average molecular weight is 176 g/mol. The summed E-state index contributed by atoms with van der Waals surface area (Å²) in [5, 5.41) is 0. The van der Waals surface area contributed by atoms with E-state index < -0.39 is 11.8 Å². The number of hydrogen-bond acceptors (Lipinski definition) is 0. The van der Waals surface area contributed by atoms with Gasteiger partial charge in [0.05, 0.1) is 0 Å². The molecule has 0 saturated heterocycles. The molecule has 0 heterocycles. The Balaban J connectivity index is 2.74. The molecular formula is C10H18F2. The van der Waals surface area contributed by atoms with Gasteiger partial charge in [0.15, 0.2) is 0 Å². The van der Waals surface area contributed by atoms with Gasteiger partial charge < -0.3 is 0 Å². The maximum atomic E-state index is 13.4. The molecular weight excluding hydrogens is 158 g/mol. The van der Waals surface area contributed by atoms with Crippen LogP contribution >= 0.6 is 0 Å². The van der Waals surface area contributed by atoms with E-state index in [-0.39, 0.29) is 18.3 Å². The van der Waals surface area contributed by atoms with E-state index in [9.17, 15) is 8.78 Å². The Labute approximate surface area is 73.3 Å². The first-order valence-corrected chi connectivity index (χ1v) is 4.83. The Morgan fingerprint density at radius 1 is 1.33 bits per heavy atom. The minimum atomic E-state index is -2.41. The minimum Gasteiger partial charge on any atom is -0.207 e. The van der Waals surface area contributed by atoms with Crippen molar-refractivity contribution in [3.05, 3.63) is 0 Å². The third kappa shape index (κ3) is 1.78. The molecule has 0 radical (unpaired) electrons. The van der Waals surface area contributed by atoms with Gasteiger partial charge in [-0.25, -0.2) is 8.78 Å². The van der Waals surface area contributed by atoms with Crippen LogP contribution in [0.5, 0.6) is 0 Å². The SMILES string of the molecule is CC(C)C1C(C)CCCC1(F)F. The fourth-order valence-corrected chi connectivity index (χ4v) is 2.57. The molecule has 0 amide bonds. The summed E-state index contributed by atoms with van der Waals surface area (Å²) >= 11 is 0. The fraction of sp³-hybridized carbons (Fsp3) is 1.00. The van der Waals surface area contributed by atoms with Crippen molar-refractivity contribution in [1.82, 2.24) is 0 Å². The molecule has 12 heavy (non-hydrogen) atoms. The highest BCUT2D eigenvalue weighted by molar-refractivity contribution is 4.87. The van der Waals surface area contributed by atoms with Crippen LogP contribution in [0.25, 0.3) is 0 Å². The van der Waals surface area contributed by atoms with Crippen molar-refractivity contribution in [2.24, 2.45) is 17.8 Å². The molecule has 1 saturated carbocycles. The molecule has 1 rings (SSSR count). The quantitative estimate of drug-likeness (QED) is 0.571. The summed E-state index contributed by atoms with van der Waals surface area (Å²) in [6, 6.07) is 0. The van der Waals surface area contributed by atoms with Gasteiger partial charge in [-0.2, -0.15) is 0 Å². The van der Waals surface area contributed by atoms with Crippen molar-refractivity contribution in [1.29, 1.82) is 0 Å². The minimum absolute atomic E-state index is 0.0974. The van der Waals surface area contributed by atoms with Crippen molar-refractivity contribution in [2.45, 2.75) is 46.0 Å². The van der Waals surface area contributed by atoms with Gasteiger partial charge in [-0.05, 0) is 18.3 Å². The second kappa shape index (κ2) is 3.31. The first-order valence-electron chi connectivity index (χ1n) is 4.83. The van der Waals surface area contributed by atoms with Gasteiger partial charge in [-0.1, -0.05) is 27.2 Å². The molecule has 1 aliphatic carbocycles. The van der Waals surface area contributed by atoms with Crippen LogP contribution in [0, 0.1) is 17.8 Å². The lowest BCUT2D eigenvalue weighted by Gasteiger charge is -2.38. The Kier molecular flexibility index (Phi) is 2.74. The smallest absolute Gasteiger partial charge is 0.207 e. The van der Waals surface area contributed by atoms with E-state index >= 15 is 0 Å². The third-order valence-electron chi connectivity index (χ3n) is 2.99. The summed E-state index contributed by atoms with van der Waals surface area (Å²) in [7, 11) is 0.